The molecule has 0 bridgehead atoms. The fourth-order valence-corrected chi connectivity index (χ4v) is 2.78. The summed E-state index contributed by atoms with van der Waals surface area (Å²) >= 11 is 0. The van der Waals surface area contributed by atoms with Crippen molar-refractivity contribution < 1.29 is 9.57 Å². The average Bonchev–Trinajstić information content (AvgIpc) is 2.73. The van der Waals surface area contributed by atoms with E-state index in [-0.39, 0.29) is 0 Å². The number of nitrogens with zero attached hydrogens (tertiary/aromatic N) is 1. The van der Waals surface area contributed by atoms with Crippen molar-refractivity contribution >= 4 is 5.71 Å². The summed E-state index contributed by atoms with van der Waals surface area (Å²) in [5.41, 5.74) is 5.40. The largest absolute Gasteiger partial charge is 0.490 e. The Balaban J connectivity index is 1.55. The quantitative estimate of drug-likeness (QED) is 0.295. The van der Waals surface area contributed by atoms with Crippen LogP contribution < -0.4 is 4.74 Å². The van der Waals surface area contributed by atoms with Gasteiger partial charge in [-0.3, -0.25) is 0 Å². The van der Waals surface area contributed by atoms with E-state index < -0.39 is 0 Å². The second-order valence-electron chi connectivity index (χ2n) is 6.18. The lowest BCUT2D eigenvalue weighted by Crippen LogP contribution is -2.07. The lowest BCUT2D eigenvalue weighted by Gasteiger charge is -2.09. The highest BCUT2D eigenvalue weighted by Crippen LogP contribution is 2.20. The van der Waals surface area contributed by atoms with Gasteiger partial charge in [-0.15, -0.1) is 0 Å². The Labute approximate surface area is 161 Å². The molecule has 0 saturated heterocycles. The van der Waals surface area contributed by atoms with E-state index in [1.165, 1.54) is 11.1 Å². The van der Waals surface area contributed by atoms with Crippen LogP contribution in [0.25, 0.3) is 11.1 Å². The maximum Gasteiger partial charge on any atom is 0.151 e. The maximum atomic E-state index is 5.70. The molecule has 0 aliphatic carbocycles. The molecule has 0 heterocycles. The molecule has 0 unspecified atom stereocenters. The highest BCUT2D eigenvalue weighted by molar-refractivity contribution is 6.00. The second kappa shape index (κ2) is 9.58. The monoisotopic (exact) mass is 358 g/mol. The van der Waals surface area contributed by atoms with Crippen molar-refractivity contribution in [1.29, 1.82) is 0 Å². The minimum absolute atomic E-state index is 0.403. The van der Waals surface area contributed by atoms with Crippen molar-refractivity contribution in [2.75, 3.05) is 13.2 Å². The predicted octanol–water partition coefficient (Wildman–Crippen LogP) is 5.67. The minimum Gasteiger partial charge on any atom is -0.490 e. The van der Waals surface area contributed by atoms with Crippen LogP contribution in [0.5, 0.6) is 5.75 Å². The molecule has 3 rings (SSSR count). The summed E-state index contributed by atoms with van der Waals surface area (Å²) in [4.78, 5) is 5.47. The Morgan fingerprint density at radius 3 is 2.33 bits per heavy atom. The number of rotatable bonds is 8. The van der Waals surface area contributed by atoms with Crippen LogP contribution in [-0.4, -0.2) is 18.9 Å². The number of hydrogen-bond donors (Lipinski definition) is 0. The zero-order chi connectivity index (χ0) is 18.9. The van der Waals surface area contributed by atoms with Crippen molar-refractivity contribution in [2.24, 2.45) is 5.16 Å². The zero-order valence-corrected chi connectivity index (χ0v) is 15.8. The van der Waals surface area contributed by atoms with E-state index in [9.17, 15) is 0 Å². The summed E-state index contributed by atoms with van der Waals surface area (Å²) in [6.07, 6.45) is 0.804. The molecule has 0 aliphatic rings. The summed E-state index contributed by atoms with van der Waals surface area (Å²) < 4.78 is 5.70. The molecule has 0 spiro atoms. The van der Waals surface area contributed by atoms with E-state index in [0.29, 0.717) is 13.2 Å². The van der Waals surface area contributed by atoms with Gasteiger partial charge in [0.05, 0.1) is 5.71 Å². The van der Waals surface area contributed by atoms with Crippen molar-refractivity contribution in [3.63, 3.8) is 0 Å². The summed E-state index contributed by atoms with van der Waals surface area (Å²) in [5, 5.41) is 4.30. The summed E-state index contributed by atoms with van der Waals surface area (Å²) in [6.45, 7) is 4.90. The van der Waals surface area contributed by atoms with Crippen LogP contribution in [0.1, 0.15) is 24.5 Å². The lowest BCUT2D eigenvalue weighted by molar-refractivity contribution is 0.106. The molecule has 0 N–H and O–H groups in total. The van der Waals surface area contributed by atoms with Crippen LogP contribution in [0.3, 0.4) is 0 Å². The Kier molecular flexibility index (Phi) is 6.64. The van der Waals surface area contributed by atoms with E-state index in [1.54, 1.807) is 0 Å². The van der Waals surface area contributed by atoms with Crippen LogP contribution in [0.4, 0.5) is 0 Å². The van der Waals surface area contributed by atoms with E-state index >= 15 is 0 Å². The Bertz CT molecular complexity index is 870. The van der Waals surface area contributed by atoms with Crippen LogP contribution in [-0.2, 0) is 4.84 Å². The van der Waals surface area contributed by atoms with Crippen molar-refractivity contribution in [3.8, 4) is 16.9 Å². The normalized spacial score (nSPS) is 11.3. The third kappa shape index (κ3) is 5.20. The van der Waals surface area contributed by atoms with Gasteiger partial charge in [-0.1, -0.05) is 78.8 Å². The number of hydrogen-bond acceptors (Lipinski definition) is 3. The molecule has 27 heavy (non-hydrogen) atoms. The summed E-state index contributed by atoms with van der Waals surface area (Å²) in [6, 6.07) is 27.6. The molecular formula is C24H24NO2. The van der Waals surface area contributed by atoms with Gasteiger partial charge in [0.1, 0.15) is 12.4 Å². The van der Waals surface area contributed by atoms with E-state index in [0.717, 1.165) is 29.0 Å². The van der Waals surface area contributed by atoms with Crippen LogP contribution >= 0.6 is 0 Å². The van der Waals surface area contributed by atoms with E-state index in [1.807, 2.05) is 43.3 Å². The van der Waals surface area contributed by atoms with Gasteiger partial charge < -0.3 is 9.57 Å². The number of oxime groups is 1. The van der Waals surface area contributed by atoms with Gasteiger partial charge in [-0.2, -0.15) is 0 Å². The smallest absolute Gasteiger partial charge is 0.151 e. The Hall–Kier alpha value is -3.07. The highest BCUT2D eigenvalue weighted by atomic mass is 16.6. The Morgan fingerprint density at radius 1 is 0.889 bits per heavy atom. The van der Waals surface area contributed by atoms with Gasteiger partial charge in [0.15, 0.2) is 6.61 Å². The molecule has 1 radical (unpaired) electrons. The van der Waals surface area contributed by atoms with E-state index in [4.69, 9.17) is 9.57 Å². The minimum atomic E-state index is 0.403. The number of ether oxygens (including phenoxy) is 1. The van der Waals surface area contributed by atoms with Crippen LogP contribution in [0.15, 0.2) is 78.0 Å². The Morgan fingerprint density at radius 2 is 1.63 bits per heavy atom. The molecule has 0 fully saturated rings. The molecule has 0 aliphatic heterocycles. The molecule has 3 aromatic carbocycles. The van der Waals surface area contributed by atoms with Crippen LogP contribution in [0.2, 0.25) is 0 Å². The first-order valence-corrected chi connectivity index (χ1v) is 9.22. The molecule has 3 heteroatoms. The predicted molar refractivity (Wildman–Crippen MR) is 110 cm³/mol. The maximum absolute atomic E-state index is 5.70. The first kappa shape index (κ1) is 18.7. The molecule has 3 aromatic rings. The van der Waals surface area contributed by atoms with Gasteiger partial charge in [0.2, 0.25) is 0 Å². The third-order valence-electron chi connectivity index (χ3n) is 4.28. The molecular weight excluding hydrogens is 334 g/mol. The SMILES string of the molecule is CC/C(=N\OCCOc1ccc[c]c1C)c1ccc(-c2ccccc2)cc1. The standard InChI is InChI=1S/C24H24NO2/c1-3-23(25-27-18-17-26-24-12-8-7-9-19(24)2)22-15-13-21(14-16-22)20-10-5-4-6-11-20/h4-8,10-16H,3,17-18H2,1-2H3/b25-23+. The van der Waals surface area contributed by atoms with Gasteiger partial charge in [-0.05, 0) is 47.7 Å². The van der Waals surface area contributed by atoms with Gasteiger partial charge >= 0.3 is 0 Å². The summed E-state index contributed by atoms with van der Waals surface area (Å²) in [5.74, 6) is 0.831. The third-order valence-corrected chi connectivity index (χ3v) is 4.28. The topological polar surface area (TPSA) is 30.8 Å². The van der Waals surface area contributed by atoms with Crippen LogP contribution in [0, 0.1) is 13.0 Å². The fourth-order valence-electron chi connectivity index (χ4n) is 2.78. The van der Waals surface area contributed by atoms with Gasteiger partial charge in [-0.25, -0.2) is 0 Å². The van der Waals surface area contributed by atoms with Gasteiger partial charge in [0, 0.05) is 0 Å². The second-order valence-corrected chi connectivity index (χ2v) is 6.18. The first-order valence-electron chi connectivity index (χ1n) is 9.22. The summed E-state index contributed by atoms with van der Waals surface area (Å²) in [7, 11) is 0. The molecule has 3 nitrogen and oxygen atoms in total. The van der Waals surface area contributed by atoms with Gasteiger partial charge in [0.25, 0.3) is 0 Å². The van der Waals surface area contributed by atoms with E-state index in [2.05, 4.69) is 54.5 Å². The molecule has 0 amide bonds. The molecule has 137 valence electrons. The van der Waals surface area contributed by atoms with Crippen molar-refractivity contribution in [3.05, 3.63) is 90.0 Å². The van der Waals surface area contributed by atoms with Crippen molar-refractivity contribution in [1.82, 2.24) is 0 Å². The number of aryl methyl sites for hydroxylation is 1. The molecule has 0 saturated carbocycles. The number of benzene rings is 3. The zero-order valence-electron chi connectivity index (χ0n) is 15.8. The lowest BCUT2D eigenvalue weighted by atomic mass is 10.0. The van der Waals surface area contributed by atoms with Crippen molar-refractivity contribution in [2.45, 2.75) is 20.3 Å². The fraction of sp³-hybridized carbons (Fsp3) is 0.208. The highest BCUT2D eigenvalue weighted by Gasteiger charge is 2.04. The first-order chi connectivity index (χ1) is 13.3. The average molecular weight is 358 g/mol. The molecule has 0 atom stereocenters. The molecule has 0 aromatic heterocycles.